The second kappa shape index (κ2) is 6.03. The van der Waals surface area contributed by atoms with Crippen LogP contribution in [0.3, 0.4) is 0 Å². The summed E-state index contributed by atoms with van der Waals surface area (Å²) in [6, 6.07) is 5.97. The Morgan fingerprint density at radius 2 is 2.22 bits per heavy atom. The minimum absolute atomic E-state index is 0.772. The summed E-state index contributed by atoms with van der Waals surface area (Å²) in [6.07, 6.45) is 5.06. The summed E-state index contributed by atoms with van der Waals surface area (Å²) in [5, 5.41) is 8.48. The summed E-state index contributed by atoms with van der Waals surface area (Å²) in [6.45, 7) is 6.04. The molecular weight excluding hydrogens is 246 g/mol. The Morgan fingerprint density at radius 3 is 2.94 bits per heavy atom. The molecule has 18 heavy (non-hydrogen) atoms. The Hall–Kier alpha value is -1.32. The van der Waals surface area contributed by atoms with Gasteiger partial charge in [-0.05, 0) is 37.6 Å². The lowest BCUT2D eigenvalue weighted by atomic mass is 10.2. The van der Waals surface area contributed by atoms with Crippen molar-refractivity contribution < 1.29 is 0 Å². The Kier molecular flexibility index (Phi) is 4.39. The van der Waals surface area contributed by atoms with Crippen LogP contribution in [0.15, 0.2) is 30.6 Å². The molecule has 2 aromatic rings. The van der Waals surface area contributed by atoms with Crippen LogP contribution < -0.4 is 5.32 Å². The molecule has 0 radical (unpaired) electrons. The van der Waals surface area contributed by atoms with Crippen molar-refractivity contribution in [2.24, 2.45) is 0 Å². The fourth-order valence-electron chi connectivity index (χ4n) is 1.73. The molecule has 1 N–H and O–H groups in total. The van der Waals surface area contributed by atoms with E-state index in [1.807, 2.05) is 42.2 Å². The van der Waals surface area contributed by atoms with Gasteiger partial charge < -0.3 is 5.32 Å². The first-order valence-corrected chi connectivity index (χ1v) is 6.59. The van der Waals surface area contributed by atoms with Crippen LogP contribution in [0.2, 0.25) is 5.02 Å². The van der Waals surface area contributed by atoms with E-state index in [0.717, 1.165) is 35.8 Å². The van der Waals surface area contributed by atoms with E-state index in [2.05, 4.69) is 17.3 Å². The van der Waals surface area contributed by atoms with Crippen molar-refractivity contribution in [2.45, 2.75) is 26.8 Å². The zero-order valence-corrected chi connectivity index (χ0v) is 11.5. The topological polar surface area (TPSA) is 29.9 Å². The Labute approximate surface area is 113 Å². The maximum Gasteiger partial charge on any atom is 0.0660 e. The molecule has 0 atom stereocenters. The fourth-order valence-corrected chi connectivity index (χ4v) is 1.90. The lowest BCUT2D eigenvalue weighted by Gasteiger charge is -2.03. The van der Waals surface area contributed by atoms with Crippen LogP contribution in [-0.4, -0.2) is 16.3 Å². The Balaban J connectivity index is 2.11. The van der Waals surface area contributed by atoms with Gasteiger partial charge in [0, 0.05) is 23.3 Å². The molecular formula is C14H18ClN3. The second-order valence-corrected chi connectivity index (χ2v) is 4.81. The SMILES string of the molecule is CCCNCc1cnn(-c2ccc(C)c(Cl)c2)c1. The van der Waals surface area contributed by atoms with Crippen molar-refractivity contribution >= 4 is 11.6 Å². The predicted molar refractivity (Wildman–Crippen MR) is 75.3 cm³/mol. The number of nitrogens with one attached hydrogen (secondary N) is 1. The highest BCUT2D eigenvalue weighted by Crippen LogP contribution is 2.19. The summed E-state index contributed by atoms with van der Waals surface area (Å²) in [5.41, 5.74) is 3.25. The van der Waals surface area contributed by atoms with Crippen LogP contribution in [0.1, 0.15) is 24.5 Å². The van der Waals surface area contributed by atoms with Gasteiger partial charge in [0.2, 0.25) is 0 Å². The third-order valence-electron chi connectivity index (χ3n) is 2.81. The summed E-state index contributed by atoms with van der Waals surface area (Å²) in [4.78, 5) is 0. The van der Waals surface area contributed by atoms with Crippen LogP contribution in [-0.2, 0) is 6.54 Å². The van der Waals surface area contributed by atoms with E-state index in [9.17, 15) is 0 Å². The van der Waals surface area contributed by atoms with Crippen molar-refractivity contribution in [2.75, 3.05) is 6.54 Å². The molecule has 4 heteroatoms. The van der Waals surface area contributed by atoms with Crippen LogP contribution >= 0.6 is 11.6 Å². The van der Waals surface area contributed by atoms with Crippen LogP contribution in [0.4, 0.5) is 0 Å². The Bertz CT molecular complexity index is 520. The molecule has 1 aromatic heterocycles. The van der Waals surface area contributed by atoms with Crippen LogP contribution in [0, 0.1) is 6.92 Å². The van der Waals surface area contributed by atoms with E-state index in [4.69, 9.17) is 11.6 Å². The average molecular weight is 264 g/mol. The predicted octanol–water partition coefficient (Wildman–Crippen LogP) is 3.33. The van der Waals surface area contributed by atoms with E-state index < -0.39 is 0 Å². The Morgan fingerprint density at radius 1 is 1.39 bits per heavy atom. The third-order valence-corrected chi connectivity index (χ3v) is 3.22. The molecule has 0 aliphatic rings. The quantitative estimate of drug-likeness (QED) is 0.839. The van der Waals surface area contributed by atoms with E-state index in [0.29, 0.717) is 0 Å². The monoisotopic (exact) mass is 263 g/mol. The van der Waals surface area contributed by atoms with Crippen molar-refractivity contribution in [1.29, 1.82) is 0 Å². The van der Waals surface area contributed by atoms with E-state index >= 15 is 0 Å². The second-order valence-electron chi connectivity index (χ2n) is 4.40. The zero-order valence-electron chi connectivity index (χ0n) is 10.8. The molecule has 96 valence electrons. The van der Waals surface area contributed by atoms with Crippen molar-refractivity contribution in [1.82, 2.24) is 15.1 Å². The molecule has 0 aliphatic heterocycles. The molecule has 0 saturated carbocycles. The molecule has 0 saturated heterocycles. The lowest BCUT2D eigenvalue weighted by molar-refractivity contribution is 0.675. The van der Waals surface area contributed by atoms with Crippen LogP contribution in [0.5, 0.6) is 0 Å². The van der Waals surface area contributed by atoms with E-state index in [1.54, 1.807) is 0 Å². The molecule has 0 spiro atoms. The number of hydrogen-bond acceptors (Lipinski definition) is 2. The lowest BCUT2D eigenvalue weighted by Crippen LogP contribution is -2.13. The van der Waals surface area contributed by atoms with E-state index in [-0.39, 0.29) is 0 Å². The maximum atomic E-state index is 6.12. The highest BCUT2D eigenvalue weighted by molar-refractivity contribution is 6.31. The van der Waals surface area contributed by atoms with Crippen LogP contribution in [0.25, 0.3) is 5.69 Å². The van der Waals surface area contributed by atoms with Gasteiger partial charge in [0.15, 0.2) is 0 Å². The summed E-state index contributed by atoms with van der Waals surface area (Å²) in [7, 11) is 0. The van der Waals surface area contributed by atoms with Gasteiger partial charge in [-0.3, -0.25) is 0 Å². The molecule has 1 heterocycles. The van der Waals surface area contributed by atoms with Gasteiger partial charge in [0.25, 0.3) is 0 Å². The van der Waals surface area contributed by atoms with Gasteiger partial charge in [0.05, 0.1) is 11.9 Å². The summed E-state index contributed by atoms with van der Waals surface area (Å²) in [5.74, 6) is 0. The highest BCUT2D eigenvalue weighted by Gasteiger charge is 2.03. The third kappa shape index (κ3) is 3.12. The van der Waals surface area contributed by atoms with Crippen molar-refractivity contribution in [3.05, 3.63) is 46.7 Å². The van der Waals surface area contributed by atoms with Gasteiger partial charge in [-0.25, -0.2) is 4.68 Å². The number of rotatable bonds is 5. The maximum absolute atomic E-state index is 6.12. The number of halogens is 1. The first-order valence-electron chi connectivity index (χ1n) is 6.21. The average Bonchev–Trinajstić information content (AvgIpc) is 2.82. The molecule has 1 aromatic carbocycles. The van der Waals surface area contributed by atoms with Crippen molar-refractivity contribution in [3.8, 4) is 5.69 Å². The summed E-state index contributed by atoms with van der Waals surface area (Å²) < 4.78 is 1.86. The standard InChI is InChI=1S/C14H18ClN3/c1-3-6-16-8-12-9-17-18(10-12)13-5-4-11(2)14(15)7-13/h4-5,7,9-10,16H,3,6,8H2,1-2H3. The number of aryl methyl sites for hydroxylation is 1. The number of benzene rings is 1. The molecule has 0 unspecified atom stereocenters. The molecule has 0 bridgehead atoms. The molecule has 0 aliphatic carbocycles. The minimum atomic E-state index is 0.772. The molecule has 2 rings (SSSR count). The first kappa shape index (κ1) is 13.1. The molecule has 0 fully saturated rings. The normalized spacial score (nSPS) is 10.8. The highest BCUT2D eigenvalue weighted by atomic mass is 35.5. The number of aromatic nitrogens is 2. The molecule has 3 nitrogen and oxygen atoms in total. The first-order chi connectivity index (χ1) is 8.70. The van der Waals surface area contributed by atoms with Gasteiger partial charge in [-0.1, -0.05) is 24.6 Å². The van der Waals surface area contributed by atoms with Gasteiger partial charge in [0.1, 0.15) is 0 Å². The zero-order chi connectivity index (χ0) is 13.0. The van der Waals surface area contributed by atoms with Crippen molar-refractivity contribution in [3.63, 3.8) is 0 Å². The number of nitrogens with zero attached hydrogens (tertiary/aromatic N) is 2. The van der Waals surface area contributed by atoms with Gasteiger partial charge >= 0.3 is 0 Å². The number of hydrogen-bond donors (Lipinski definition) is 1. The van der Waals surface area contributed by atoms with Gasteiger partial charge in [-0.15, -0.1) is 0 Å². The van der Waals surface area contributed by atoms with Gasteiger partial charge in [-0.2, -0.15) is 5.10 Å². The van der Waals surface area contributed by atoms with E-state index in [1.165, 1.54) is 5.56 Å². The minimum Gasteiger partial charge on any atom is -0.313 e. The fraction of sp³-hybridized carbons (Fsp3) is 0.357. The molecule has 0 amide bonds. The largest absolute Gasteiger partial charge is 0.313 e. The smallest absolute Gasteiger partial charge is 0.0660 e. The summed E-state index contributed by atoms with van der Waals surface area (Å²) >= 11 is 6.12.